The molecule has 1 amide bonds. The maximum absolute atomic E-state index is 14.2. The molecule has 2 aromatic carbocycles. The molecular weight excluding hydrogens is 536 g/mol. The second-order valence-electron chi connectivity index (χ2n) is 8.82. The van der Waals surface area contributed by atoms with Gasteiger partial charge in [0.15, 0.2) is 5.13 Å². The van der Waals surface area contributed by atoms with Gasteiger partial charge in [0.25, 0.3) is 0 Å². The van der Waals surface area contributed by atoms with Gasteiger partial charge >= 0.3 is 0 Å². The lowest BCUT2D eigenvalue weighted by Crippen LogP contribution is -2.44. The number of anilines is 1. The third-order valence-electron chi connectivity index (χ3n) is 6.37. The normalized spacial score (nSPS) is 15.1. The van der Waals surface area contributed by atoms with Crippen molar-refractivity contribution in [1.29, 1.82) is 0 Å². The number of thiazole rings is 1. The van der Waals surface area contributed by atoms with Crippen molar-refractivity contribution in [3.63, 3.8) is 0 Å². The van der Waals surface area contributed by atoms with Crippen molar-refractivity contribution in [2.75, 3.05) is 24.6 Å². The van der Waals surface area contributed by atoms with Crippen LogP contribution in [0.4, 0.5) is 13.9 Å². The fourth-order valence-electron chi connectivity index (χ4n) is 4.45. The highest BCUT2D eigenvalue weighted by molar-refractivity contribution is 7.89. The summed E-state index contributed by atoms with van der Waals surface area (Å²) >= 11 is 1.36. The number of fused-ring (bicyclic) bond motifs is 1. The minimum Gasteiger partial charge on any atom is -0.494 e. The highest BCUT2D eigenvalue weighted by Gasteiger charge is 2.36. The molecule has 2 aromatic heterocycles. The van der Waals surface area contributed by atoms with Gasteiger partial charge in [0.2, 0.25) is 15.9 Å². The molecule has 3 heterocycles. The smallest absolute Gasteiger partial charge is 0.245 e. The van der Waals surface area contributed by atoms with Crippen molar-refractivity contribution < 1.29 is 31.1 Å². The van der Waals surface area contributed by atoms with Gasteiger partial charge in [0, 0.05) is 25.1 Å². The number of amides is 1. The lowest BCUT2D eigenvalue weighted by Gasteiger charge is -2.32. The van der Waals surface area contributed by atoms with Crippen molar-refractivity contribution in [3.05, 3.63) is 72.2 Å². The minimum atomic E-state index is -4.17. The fraction of sp³-hybridized carbons (Fsp3) is 0.308. The van der Waals surface area contributed by atoms with Crippen LogP contribution < -0.4 is 9.64 Å². The second kappa shape index (κ2) is 10.8. The Bertz CT molecular complexity index is 1550. The summed E-state index contributed by atoms with van der Waals surface area (Å²) in [5.74, 6) is -1.37. The van der Waals surface area contributed by atoms with Crippen LogP contribution in [0.15, 0.2) is 64.1 Å². The SMILES string of the molecule is CCOc1ccc2nc(N(Cc3ccco3)C(=O)C3CCN(S(=O)(=O)c4ccc(F)cc4F)CC3)sc2c1. The van der Waals surface area contributed by atoms with Gasteiger partial charge in [-0.3, -0.25) is 9.69 Å². The fourth-order valence-corrected chi connectivity index (χ4v) is 6.96. The van der Waals surface area contributed by atoms with Gasteiger partial charge < -0.3 is 9.15 Å². The van der Waals surface area contributed by atoms with E-state index in [1.165, 1.54) is 17.6 Å². The first-order valence-electron chi connectivity index (χ1n) is 12.1. The lowest BCUT2D eigenvalue weighted by molar-refractivity contribution is -0.123. The summed E-state index contributed by atoms with van der Waals surface area (Å²) in [5, 5.41) is 0.499. The van der Waals surface area contributed by atoms with Gasteiger partial charge in [-0.15, -0.1) is 0 Å². The van der Waals surface area contributed by atoms with Gasteiger partial charge in [-0.05, 0) is 62.2 Å². The molecule has 200 valence electrons. The van der Waals surface area contributed by atoms with E-state index in [0.717, 1.165) is 26.7 Å². The monoisotopic (exact) mass is 561 g/mol. The zero-order valence-electron chi connectivity index (χ0n) is 20.5. The zero-order valence-corrected chi connectivity index (χ0v) is 22.1. The van der Waals surface area contributed by atoms with Crippen molar-refractivity contribution in [2.24, 2.45) is 5.92 Å². The van der Waals surface area contributed by atoms with Crippen LogP contribution in [0.5, 0.6) is 5.75 Å². The minimum absolute atomic E-state index is 0.0295. The van der Waals surface area contributed by atoms with Crippen molar-refractivity contribution >= 4 is 42.6 Å². The predicted molar refractivity (Wildman–Crippen MR) is 139 cm³/mol. The average Bonchev–Trinajstić information content (AvgIpc) is 3.56. The summed E-state index contributed by atoms with van der Waals surface area (Å²) < 4.78 is 66.5. The molecule has 8 nitrogen and oxygen atoms in total. The highest BCUT2D eigenvalue weighted by atomic mass is 32.2. The van der Waals surface area contributed by atoms with Gasteiger partial charge in [-0.2, -0.15) is 4.31 Å². The molecule has 0 unspecified atom stereocenters. The van der Waals surface area contributed by atoms with E-state index in [-0.39, 0.29) is 38.4 Å². The van der Waals surface area contributed by atoms with E-state index in [1.807, 2.05) is 25.1 Å². The van der Waals surface area contributed by atoms with E-state index in [1.54, 1.807) is 17.0 Å². The maximum atomic E-state index is 14.2. The van der Waals surface area contributed by atoms with Gasteiger partial charge in [0.1, 0.15) is 28.0 Å². The molecule has 5 rings (SSSR count). The van der Waals surface area contributed by atoms with E-state index in [9.17, 15) is 22.0 Å². The Morgan fingerprint density at radius 3 is 2.66 bits per heavy atom. The summed E-state index contributed by atoms with van der Waals surface area (Å²) in [4.78, 5) is 19.4. The number of carbonyl (C=O) groups excluding carboxylic acids is 1. The summed E-state index contributed by atoms with van der Waals surface area (Å²) in [6, 6.07) is 11.4. The third-order valence-corrected chi connectivity index (χ3v) is 9.34. The number of furan rings is 1. The van der Waals surface area contributed by atoms with Gasteiger partial charge in [0.05, 0.1) is 29.6 Å². The molecule has 38 heavy (non-hydrogen) atoms. The number of aromatic nitrogens is 1. The van der Waals surface area contributed by atoms with Crippen LogP contribution in [0.2, 0.25) is 0 Å². The average molecular weight is 562 g/mol. The molecule has 0 radical (unpaired) electrons. The first kappa shape index (κ1) is 26.3. The van der Waals surface area contributed by atoms with E-state index in [4.69, 9.17) is 9.15 Å². The summed E-state index contributed by atoms with van der Waals surface area (Å²) in [6.07, 6.45) is 2.02. The molecule has 0 saturated carbocycles. The van der Waals surface area contributed by atoms with Crippen LogP contribution in [-0.4, -0.2) is 43.3 Å². The van der Waals surface area contributed by atoms with E-state index in [2.05, 4.69) is 4.98 Å². The molecule has 1 saturated heterocycles. The lowest BCUT2D eigenvalue weighted by atomic mass is 9.96. The number of rotatable bonds is 8. The Morgan fingerprint density at radius 2 is 1.97 bits per heavy atom. The number of benzene rings is 2. The Morgan fingerprint density at radius 1 is 1.18 bits per heavy atom. The Hall–Kier alpha value is -3.35. The highest BCUT2D eigenvalue weighted by Crippen LogP contribution is 2.35. The third kappa shape index (κ3) is 5.29. The molecule has 0 bridgehead atoms. The van der Waals surface area contributed by atoms with Crippen LogP contribution in [0.25, 0.3) is 10.2 Å². The number of carbonyl (C=O) groups is 1. The molecule has 0 aliphatic carbocycles. The van der Waals surface area contributed by atoms with Crippen molar-refractivity contribution in [3.8, 4) is 5.75 Å². The van der Waals surface area contributed by atoms with E-state index >= 15 is 0 Å². The molecule has 1 aliphatic rings. The molecule has 12 heteroatoms. The van der Waals surface area contributed by atoms with Gasteiger partial charge in [-0.1, -0.05) is 11.3 Å². The first-order chi connectivity index (χ1) is 18.3. The van der Waals surface area contributed by atoms with Crippen molar-refractivity contribution in [1.82, 2.24) is 9.29 Å². The van der Waals surface area contributed by atoms with Crippen LogP contribution in [0, 0.1) is 17.6 Å². The molecule has 1 fully saturated rings. The Labute approximate surface area is 222 Å². The number of halogens is 2. The Balaban J connectivity index is 1.36. The Kier molecular flexibility index (Phi) is 7.46. The summed E-state index contributed by atoms with van der Waals surface area (Å²) in [6.45, 7) is 2.66. The predicted octanol–water partition coefficient (Wildman–Crippen LogP) is 5.20. The maximum Gasteiger partial charge on any atom is 0.245 e. The second-order valence-corrected chi connectivity index (χ2v) is 11.7. The van der Waals surface area contributed by atoms with E-state index < -0.39 is 32.5 Å². The van der Waals surface area contributed by atoms with Crippen LogP contribution >= 0.6 is 11.3 Å². The number of nitrogens with zero attached hydrogens (tertiary/aromatic N) is 3. The molecule has 4 aromatic rings. The van der Waals surface area contributed by atoms with Crippen LogP contribution in [-0.2, 0) is 21.4 Å². The topological polar surface area (TPSA) is 92.9 Å². The zero-order chi connectivity index (χ0) is 26.9. The molecule has 0 N–H and O–H groups in total. The summed E-state index contributed by atoms with van der Waals surface area (Å²) in [7, 11) is -4.17. The molecule has 1 aliphatic heterocycles. The van der Waals surface area contributed by atoms with Crippen LogP contribution in [0.1, 0.15) is 25.5 Å². The largest absolute Gasteiger partial charge is 0.494 e. The number of piperidine rings is 1. The number of hydrogen-bond donors (Lipinski definition) is 0. The number of sulfonamides is 1. The number of ether oxygens (including phenoxy) is 1. The van der Waals surface area contributed by atoms with Crippen LogP contribution in [0.3, 0.4) is 0 Å². The van der Waals surface area contributed by atoms with E-state index in [0.29, 0.717) is 29.3 Å². The number of hydrogen-bond acceptors (Lipinski definition) is 7. The molecule has 0 atom stereocenters. The standard InChI is InChI=1S/C26H25F2N3O5S2/c1-2-35-19-6-7-22-23(15-19)37-26(29-22)31(16-20-4-3-13-36-20)25(32)17-9-11-30(12-10-17)38(33,34)24-8-5-18(27)14-21(24)28/h3-8,13-15,17H,2,9-12,16H2,1H3. The van der Waals surface area contributed by atoms with Crippen molar-refractivity contribution in [2.45, 2.75) is 31.2 Å². The first-order valence-corrected chi connectivity index (χ1v) is 14.3. The molecule has 0 spiro atoms. The molecular formula is C26H25F2N3O5S2. The quantitative estimate of drug-likeness (QED) is 0.294. The summed E-state index contributed by atoms with van der Waals surface area (Å²) in [5.41, 5.74) is 0.730. The van der Waals surface area contributed by atoms with Gasteiger partial charge in [-0.25, -0.2) is 22.2 Å².